The van der Waals surface area contributed by atoms with E-state index in [2.05, 4.69) is 19.8 Å². The van der Waals surface area contributed by atoms with Crippen molar-refractivity contribution >= 4 is 33.3 Å². The molecule has 0 fully saturated rings. The lowest BCUT2D eigenvalue weighted by atomic mass is 10.6. The average molecular weight is 303 g/mol. The minimum Gasteiger partial charge on any atom is -0.381 e. The molecule has 3 N–H and O–H groups in total. The largest absolute Gasteiger partial charge is 0.381 e. The molecule has 102 valence electrons. The van der Waals surface area contributed by atoms with Crippen LogP contribution in [0.1, 0.15) is 6.92 Å². The zero-order valence-electron chi connectivity index (χ0n) is 9.91. The van der Waals surface area contributed by atoms with Gasteiger partial charge in [0.25, 0.3) is 10.0 Å². The number of hydrogen-bond acceptors (Lipinski definition) is 6. The smallest absolute Gasteiger partial charge is 0.268 e. The lowest BCUT2D eigenvalue weighted by molar-refractivity contribution is 0.600. The Morgan fingerprint density at radius 1 is 1.47 bits per heavy atom. The van der Waals surface area contributed by atoms with Crippen LogP contribution in [-0.4, -0.2) is 28.2 Å². The molecular weight excluding hydrogens is 292 g/mol. The summed E-state index contributed by atoms with van der Waals surface area (Å²) in [7, 11) is -3.86. The Balaban J connectivity index is 2.34. The van der Waals surface area contributed by atoms with Crippen LogP contribution in [0.5, 0.6) is 0 Å². The van der Waals surface area contributed by atoms with Gasteiger partial charge in [-0.25, -0.2) is 18.4 Å². The summed E-state index contributed by atoms with van der Waals surface area (Å²) in [6.45, 7) is 2.33. The Kier molecular flexibility index (Phi) is 3.58. The predicted molar refractivity (Wildman–Crippen MR) is 70.2 cm³/mol. The molecule has 2 aromatic rings. The van der Waals surface area contributed by atoms with Gasteiger partial charge in [-0.2, -0.15) is 5.10 Å². The van der Waals surface area contributed by atoms with E-state index in [9.17, 15) is 8.42 Å². The van der Waals surface area contributed by atoms with Gasteiger partial charge in [0.1, 0.15) is 22.2 Å². The van der Waals surface area contributed by atoms with Crippen LogP contribution in [0.25, 0.3) is 0 Å². The summed E-state index contributed by atoms with van der Waals surface area (Å²) in [4.78, 5) is 7.30. The number of aryl methyl sites for hydroxylation is 1. The normalized spacial score (nSPS) is 11.5. The first-order valence-electron chi connectivity index (χ1n) is 5.25. The van der Waals surface area contributed by atoms with Crippen molar-refractivity contribution in [3.8, 4) is 0 Å². The van der Waals surface area contributed by atoms with Crippen molar-refractivity contribution < 1.29 is 8.42 Å². The molecule has 0 saturated carbocycles. The number of sulfonamides is 1. The maximum Gasteiger partial charge on any atom is 0.268 e. The average Bonchev–Trinajstić information content (AvgIpc) is 2.71. The molecule has 10 heteroatoms. The number of halogens is 1. The monoisotopic (exact) mass is 302 g/mol. The molecule has 2 rings (SSSR count). The van der Waals surface area contributed by atoms with Gasteiger partial charge in [-0.3, -0.25) is 9.40 Å². The van der Waals surface area contributed by atoms with Gasteiger partial charge in [-0.1, -0.05) is 11.6 Å². The molecule has 0 aliphatic rings. The lowest BCUT2D eigenvalue weighted by Gasteiger charge is -2.05. The van der Waals surface area contributed by atoms with Gasteiger partial charge in [0.2, 0.25) is 0 Å². The van der Waals surface area contributed by atoms with Crippen molar-refractivity contribution in [1.29, 1.82) is 0 Å². The summed E-state index contributed by atoms with van der Waals surface area (Å²) in [6, 6.07) is 1.29. The molecule has 2 aromatic heterocycles. The van der Waals surface area contributed by atoms with Crippen molar-refractivity contribution in [1.82, 2.24) is 19.7 Å². The molecule has 0 saturated heterocycles. The van der Waals surface area contributed by atoms with Crippen LogP contribution >= 0.6 is 11.6 Å². The zero-order valence-corrected chi connectivity index (χ0v) is 11.5. The minimum absolute atomic E-state index is 0.0589. The molecule has 0 radical (unpaired) electrons. The second-order valence-electron chi connectivity index (χ2n) is 3.57. The third-order valence-corrected chi connectivity index (χ3v) is 3.82. The highest BCUT2D eigenvalue weighted by molar-refractivity contribution is 7.92. The maximum absolute atomic E-state index is 12.1. The maximum atomic E-state index is 12.1. The van der Waals surface area contributed by atoms with Crippen LogP contribution in [0.2, 0.25) is 5.15 Å². The summed E-state index contributed by atoms with van der Waals surface area (Å²) in [6.07, 6.45) is 2.50. The van der Waals surface area contributed by atoms with E-state index in [1.54, 1.807) is 0 Å². The van der Waals surface area contributed by atoms with Crippen LogP contribution in [0, 0.1) is 0 Å². The topological polar surface area (TPSA) is 116 Å². The number of aromatic nitrogens is 4. The van der Waals surface area contributed by atoms with Crippen molar-refractivity contribution in [2.24, 2.45) is 0 Å². The molecule has 0 bridgehead atoms. The summed E-state index contributed by atoms with van der Waals surface area (Å²) in [5.41, 5.74) is 5.58. The van der Waals surface area contributed by atoms with Gasteiger partial charge >= 0.3 is 0 Å². The fraction of sp³-hybridized carbons (Fsp3) is 0.222. The third-order valence-electron chi connectivity index (χ3n) is 2.24. The van der Waals surface area contributed by atoms with E-state index in [1.807, 2.05) is 6.92 Å². The Labute approximate surface area is 114 Å². The third kappa shape index (κ3) is 2.93. The molecule has 0 spiro atoms. The van der Waals surface area contributed by atoms with Gasteiger partial charge in [0.15, 0.2) is 5.82 Å². The first kappa shape index (κ1) is 13.6. The van der Waals surface area contributed by atoms with E-state index >= 15 is 0 Å². The number of nitrogens with two attached hydrogens (primary N) is 1. The summed E-state index contributed by atoms with van der Waals surface area (Å²) in [5, 5.41) is 4.00. The fourth-order valence-corrected chi connectivity index (χ4v) is 2.59. The van der Waals surface area contributed by atoms with Crippen molar-refractivity contribution in [2.45, 2.75) is 18.4 Å². The molecule has 8 nitrogen and oxygen atoms in total. The van der Waals surface area contributed by atoms with Gasteiger partial charge in [-0.15, -0.1) is 0 Å². The van der Waals surface area contributed by atoms with E-state index in [0.717, 1.165) is 6.33 Å². The van der Waals surface area contributed by atoms with Crippen LogP contribution in [0.3, 0.4) is 0 Å². The standard InChI is InChI=1S/C9H11ClN6O2S/c1-2-16-4-6(9(11)14-16)19(17,18)15-8-3-7(10)12-5-13-8/h3-5H,2H2,1H3,(H2,11,14)(H,12,13,15). The van der Waals surface area contributed by atoms with E-state index in [4.69, 9.17) is 17.3 Å². The number of nitrogens with zero attached hydrogens (tertiary/aromatic N) is 4. The molecule has 0 amide bonds. The summed E-state index contributed by atoms with van der Waals surface area (Å²) < 4.78 is 27.9. The molecule has 19 heavy (non-hydrogen) atoms. The summed E-state index contributed by atoms with van der Waals surface area (Å²) in [5.74, 6) is -0.0156. The molecule has 0 aromatic carbocycles. The highest BCUT2D eigenvalue weighted by Crippen LogP contribution is 2.20. The Morgan fingerprint density at radius 3 is 2.79 bits per heavy atom. The Morgan fingerprint density at radius 2 is 2.21 bits per heavy atom. The van der Waals surface area contributed by atoms with Gasteiger partial charge in [-0.05, 0) is 6.92 Å². The Bertz CT molecular complexity index is 698. The van der Waals surface area contributed by atoms with Gasteiger partial charge in [0, 0.05) is 18.8 Å². The fourth-order valence-electron chi connectivity index (χ4n) is 1.37. The first-order chi connectivity index (χ1) is 8.92. The van der Waals surface area contributed by atoms with Crippen LogP contribution in [-0.2, 0) is 16.6 Å². The number of nitrogens with one attached hydrogen (secondary N) is 1. The zero-order chi connectivity index (χ0) is 14.0. The Hall–Kier alpha value is -1.87. The van der Waals surface area contributed by atoms with E-state index in [0.29, 0.717) is 6.54 Å². The number of rotatable bonds is 4. The van der Waals surface area contributed by atoms with Crippen LogP contribution in [0.4, 0.5) is 11.6 Å². The van der Waals surface area contributed by atoms with E-state index in [1.165, 1.54) is 16.9 Å². The van der Waals surface area contributed by atoms with E-state index in [-0.39, 0.29) is 21.7 Å². The minimum atomic E-state index is -3.86. The van der Waals surface area contributed by atoms with Crippen LogP contribution in [0.15, 0.2) is 23.5 Å². The van der Waals surface area contributed by atoms with Crippen molar-refractivity contribution in [3.63, 3.8) is 0 Å². The van der Waals surface area contributed by atoms with Crippen molar-refractivity contribution in [2.75, 3.05) is 10.5 Å². The quantitative estimate of drug-likeness (QED) is 0.804. The van der Waals surface area contributed by atoms with E-state index < -0.39 is 10.0 Å². The number of hydrogen-bond donors (Lipinski definition) is 2. The second kappa shape index (κ2) is 5.02. The van der Waals surface area contributed by atoms with Gasteiger partial charge < -0.3 is 5.73 Å². The predicted octanol–water partition coefficient (Wildman–Crippen LogP) is 0.729. The highest BCUT2D eigenvalue weighted by atomic mass is 35.5. The number of anilines is 2. The first-order valence-corrected chi connectivity index (χ1v) is 7.12. The lowest BCUT2D eigenvalue weighted by Crippen LogP contribution is -2.14. The molecule has 0 atom stereocenters. The highest BCUT2D eigenvalue weighted by Gasteiger charge is 2.21. The SMILES string of the molecule is CCn1cc(S(=O)(=O)Nc2cc(Cl)ncn2)c(N)n1. The number of nitrogen functional groups attached to an aromatic ring is 1. The van der Waals surface area contributed by atoms with Crippen LogP contribution < -0.4 is 10.5 Å². The van der Waals surface area contributed by atoms with Crippen molar-refractivity contribution in [3.05, 3.63) is 23.7 Å². The molecular formula is C9H11ClN6O2S. The molecule has 2 heterocycles. The molecule has 0 aliphatic carbocycles. The second-order valence-corrected chi connectivity index (χ2v) is 5.60. The van der Waals surface area contributed by atoms with Gasteiger partial charge in [0.05, 0.1) is 0 Å². The molecule has 0 aliphatic heterocycles. The molecule has 0 unspecified atom stereocenters. The summed E-state index contributed by atoms with van der Waals surface area (Å²) >= 11 is 5.65.